The maximum atomic E-state index is 4.84. The summed E-state index contributed by atoms with van der Waals surface area (Å²) < 4.78 is 1.98. The molecular formula is C26H31N9. The highest BCUT2D eigenvalue weighted by atomic mass is 15.3. The first-order valence-electron chi connectivity index (χ1n) is 12.6. The maximum Gasteiger partial charge on any atom is 0.232 e. The van der Waals surface area contributed by atoms with Gasteiger partial charge in [0.15, 0.2) is 0 Å². The van der Waals surface area contributed by atoms with Gasteiger partial charge < -0.3 is 24.8 Å². The first kappa shape index (κ1) is 21.8. The van der Waals surface area contributed by atoms with Gasteiger partial charge in [-0.25, -0.2) is 9.97 Å². The Morgan fingerprint density at radius 3 is 2.54 bits per heavy atom. The van der Waals surface area contributed by atoms with Crippen LogP contribution in [0.4, 0.5) is 29.1 Å². The third-order valence-electron chi connectivity index (χ3n) is 6.74. The number of aromatic nitrogens is 5. The molecule has 2 fully saturated rings. The summed E-state index contributed by atoms with van der Waals surface area (Å²) in [6.07, 6.45) is 11.7. The molecule has 9 nitrogen and oxygen atoms in total. The summed E-state index contributed by atoms with van der Waals surface area (Å²) in [6.45, 7) is 5.50. The van der Waals surface area contributed by atoms with Crippen LogP contribution in [0.1, 0.15) is 31.4 Å². The molecule has 0 unspecified atom stereocenters. The zero-order valence-electron chi connectivity index (χ0n) is 19.9. The van der Waals surface area contributed by atoms with Gasteiger partial charge in [0.25, 0.3) is 0 Å². The lowest BCUT2D eigenvalue weighted by Crippen LogP contribution is -2.22. The van der Waals surface area contributed by atoms with Crippen molar-refractivity contribution in [1.82, 2.24) is 29.2 Å². The molecule has 0 radical (unpaired) electrons. The van der Waals surface area contributed by atoms with Gasteiger partial charge in [0.05, 0.1) is 0 Å². The summed E-state index contributed by atoms with van der Waals surface area (Å²) in [5.74, 6) is 2.98. The molecule has 0 aromatic carbocycles. The van der Waals surface area contributed by atoms with Crippen molar-refractivity contribution in [2.24, 2.45) is 0 Å². The largest absolute Gasteiger partial charge is 0.356 e. The van der Waals surface area contributed by atoms with Gasteiger partial charge in [-0.15, -0.1) is 0 Å². The van der Waals surface area contributed by atoms with Crippen molar-refractivity contribution < 1.29 is 0 Å². The molecule has 0 aliphatic carbocycles. The van der Waals surface area contributed by atoms with Gasteiger partial charge in [-0.05, 0) is 57.0 Å². The minimum atomic E-state index is 0.544. The van der Waals surface area contributed by atoms with Crippen molar-refractivity contribution >= 4 is 34.7 Å². The van der Waals surface area contributed by atoms with Crippen LogP contribution in [0.5, 0.6) is 0 Å². The fourth-order valence-electron chi connectivity index (χ4n) is 4.88. The summed E-state index contributed by atoms with van der Waals surface area (Å²) in [7, 11) is 0. The Balaban J connectivity index is 1.23. The molecule has 0 spiro atoms. The highest BCUT2D eigenvalue weighted by Crippen LogP contribution is 2.26. The molecular weight excluding hydrogens is 438 g/mol. The average Bonchev–Trinajstić information content (AvgIpc) is 3.66. The van der Waals surface area contributed by atoms with E-state index in [2.05, 4.69) is 37.6 Å². The Morgan fingerprint density at radius 1 is 0.800 bits per heavy atom. The molecule has 0 atom stereocenters. The molecule has 6 rings (SSSR count). The molecule has 2 saturated heterocycles. The molecule has 9 heteroatoms. The number of nitrogens with zero attached hydrogens (tertiary/aromatic N) is 7. The van der Waals surface area contributed by atoms with E-state index < -0.39 is 0 Å². The SMILES string of the molecule is c1cc(CCN2CCCC2)nc(Nc2nc(Nc3ccn4ccnc4c3)cc(N3CCCC3)n2)c1. The van der Waals surface area contributed by atoms with E-state index in [0.29, 0.717) is 5.95 Å². The van der Waals surface area contributed by atoms with E-state index in [4.69, 9.17) is 15.0 Å². The molecule has 35 heavy (non-hydrogen) atoms. The number of nitrogens with one attached hydrogen (secondary N) is 2. The lowest BCUT2D eigenvalue weighted by atomic mass is 10.2. The zero-order valence-corrected chi connectivity index (χ0v) is 19.9. The second-order valence-electron chi connectivity index (χ2n) is 9.30. The van der Waals surface area contributed by atoms with Gasteiger partial charge in [-0.3, -0.25) is 0 Å². The Bertz CT molecular complexity index is 1290. The molecule has 2 aliphatic heterocycles. The molecule has 6 heterocycles. The van der Waals surface area contributed by atoms with Gasteiger partial charge in [0, 0.05) is 68.2 Å². The first-order chi connectivity index (χ1) is 17.3. The van der Waals surface area contributed by atoms with Crippen molar-refractivity contribution in [3.8, 4) is 0 Å². The van der Waals surface area contributed by atoms with Crippen LogP contribution in [-0.4, -0.2) is 62.0 Å². The topological polar surface area (TPSA) is 86.5 Å². The molecule has 4 aromatic rings. The predicted octanol–water partition coefficient (Wildman–Crippen LogP) is 4.25. The predicted molar refractivity (Wildman–Crippen MR) is 139 cm³/mol. The molecule has 0 bridgehead atoms. The molecule has 0 amide bonds. The van der Waals surface area contributed by atoms with Gasteiger partial charge in [-0.2, -0.15) is 9.97 Å². The van der Waals surface area contributed by atoms with Crippen LogP contribution >= 0.6 is 0 Å². The Labute approximate surface area is 205 Å². The Morgan fingerprint density at radius 2 is 1.66 bits per heavy atom. The van der Waals surface area contributed by atoms with E-state index in [1.165, 1.54) is 38.8 Å². The van der Waals surface area contributed by atoms with Crippen molar-refractivity contribution in [2.75, 3.05) is 48.3 Å². The standard InChI is InChI=1S/C26H31N9/c1-2-12-33(11-1)15-8-20-6-5-7-22(28-20)30-26-31-23(19-25(32-26)34-13-3-4-14-34)29-21-9-16-35-17-10-27-24(35)18-21/h5-7,9-10,16-19H,1-4,8,11-15H2,(H2,28,29,30,31,32). The van der Waals surface area contributed by atoms with Crippen LogP contribution in [0.15, 0.2) is 55.0 Å². The number of anilines is 5. The molecule has 180 valence electrons. The van der Waals surface area contributed by atoms with Crippen LogP contribution in [0.25, 0.3) is 5.65 Å². The molecule has 2 N–H and O–H groups in total. The van der Waals surface area contributed by atoms with Crippen LogP contribution < -0.4 is 15.5 Å². The van der Waals surface area contributed by atoms with Crippen LogP contribution in [0, 0.1) is 0 Å². The van der Waals surface area contributed by atoms with E-state index in [0.717, 1.165) is 60.5 Å². The normalized spacial score (nSPS) is 16.3. The van der Waals surface area contributed by atoms with E-state index in [-0.39, 0.29) is 0 Å². The monoisotopic (exact) mass is 469 g/mol. The number of pyridine rings is 2. The van der Waals surface area contributed by atoms with Gasteiger partial charge in [0.1, 0.15) is 23.1 Å². The number of fused-ring (bicyclic) bond motifs is 1. The lowest BCUT2D eigenvalue weighted by Gasteiger charge is -2.19. The number of hydrogen-bond donors (Lipinski definition) is 2. The van der Waals surface area contributed by atoms with Gasteiger partial charge in [-0.1, -0.05) is 6.07 Å². The number of imidazole rings is 1. The number of rotatable bonds is 8. The minimum absolute atomic E-state index is 0.544. The zero-order chi connectivity index (χ0) is 23.5. The van der Waals surface area contributed by atoms with Crippen molar-refractivity contribution in [1.29, 1.82) is 0 Å². The Hall–Kier alpha value is -3.72. The second kappa shape index (κ2) is 9.87. The number of hydrogen-bond acceptors (Lipinski definition) is 8. The molecule has 0 saturated carbocycles. The van der Waals surface area contributed by atoms with Crippen LogP contribution in [0.2, 0.25) is 0 Å². The summed E-state index contributed by atoms with van der Waals surface area (Å²) in [4.78, 5) is 23.6. The van der Waals surface area contributed by atoms with Crippen molar-refractivity contribution in [3.05, 3.63) is 60.7 Å². The first-order valence-corrected chi connectivity index (χ1v) is 12.6. The highest BCUT2D eigenvalue weighted by Gasteiger charge is 2.17. The third-order valence-corrected chi connectivity index (χ3v) is 6.74. The van der Waals surface area contributed by atoms with E-state index >= 15 is 0 Å². The van der Waals surface area contributed by atoms with E-state index in [9.17, 15) is 0 Å². The lowest BCUT2D eigenvalue weighted by molar-refractivity contribution is 0.342. The number of likely N-dealkylation sites (tertiary alicyclic amines) is 1. The fraction of sp³-hybridized carbons (Fsp3) is 0.385. The van der Waals surface area contributed by atoms with Gasteiger partial charge in [0.2, 0.25) is 5.95 Å². The second-order valence-corrected chi connectivity index (χ2v) is 9.30. The van der Waals surface area contributed by atoms with Gasteiger partial charge >= 0.3 is 0 Å². The summed E-state index contributed by atoms with van der Waals surface area (Å²) >= 11 is 0. The molecule has 2 aliphatic rings. The Kier molecular flexibility index (Phi) is 6.15. The average molecular weight is 470 g/mol. The molecule has 4 aromatic heterocycles. The quantitative estimate of drug-likeness (QED) is 0.396. The van der Waals surface area contributed by atoms with E-state index in [1.54, 1.807) is 6.20 Å². The summed E-state index contributed by atoms with van der Waals surface area (Å²) in [5.41, 5.74) is 2.91. The van der Waals surface area contributed by atoms with Crippen LogP contribution in [-0.2, 0) is 6.42 Å². The minimum Gasteiger partial charge on any atom is -0.356 e. The summed E-state index contributed by atoms with van der Waals surface area (Å²) in [5, 5.41) is 6.80. The summed E-state index contributed by atoms with van der Waals surface area (Å²) in [6, 6.07) is 12.2. The van der Waals surface area contributed by atoms with Crippen LogP contribution in [0.3, 0.4) is 0 Å². The smallest absolute Gasteiger partial charge is 0.232 e. The maximum absolute atomic E-state index is 4.84. The third kappa shape index (κ3) is 5.19. The van der Waals surface area contributed by atoms with E-state index in [1.807, 2.05) is 41.1 Å². The van der Waals surface area contributed by atoms with Crippen molar-refractivity contribution in [2.45, 2.75) is 32.1 Å². The highest BCUT2D eigenvalue weighted by molar-refractivity contribution is 5.65. The fourth-order valence-corrected chi connectivity index (χ4v) is 4.88. The van der Waals surface area contributed by atoms with Crippen molar-refractivity contribution in [3.63, 3.8) is 0 Å².